The van der Waals surface area contributed by atoms with E-state index in [0.717, 1.165) is 6.42 Å². The van der Waals surface area contributed by atoms with E-state index in [0.29, 0.717) is 6.42 Å². The molecule has 1 N–H and O–H groups in total. The fourth-order valence-corrected chi connectivity index (χ4v) is 1.40. The Bertz CT molecular complexity index is 277. The number of aliphatic hydroxyl groups excluding tert-OH is 1. The van der Waals surface area contributed by atoms with Gasteiger partial charge in [-0.05, 0) is 26.7 Å². The van der Waals surface area contributed by atoms with Gasteiger partial charge in [0.05, 0.1) is 7.11 Å². The first-order valence-corrected chi connectivity index (χ1v) is 5.40. The Hall–Kier alpha value is -1.09. The second-order valence-corrected chi connectivity index (χ2v) is 4.46. The van der Waals surface area contributed by atoms with E-state index in [1.165, 1.54) is 12.7 Å². The van der Waals surface area contributed by atoms with Gasteiger partial charge in [-0.2, -0.15) is 0 Å². The summed E-state index contributed by atoms with van der Waals surface area (Å²) >= 11 is 0. The molecule has 3 nitrogen and oxygen atoms in total. The first-order valence-electron chi connectivity index (χ1n) is 5.40. The van der Waals surface area contributed by atoms with Crippen molar-refractivity contribution in [1.82, 2.24) is 0 Å². The molecule has 0 rings (SSSR count). The van der Waals surface area contributed by atoms with Gasteiger partial charge >= 0.3 is 5.97 Å². The smallest absolute Gasteiger partial charge is 0.335 e. The molecule has 0 aliphatic heterocycles. The van der Waals surface area contributed by atoms with E-state index >= 15 is 0 Å². The third-order valence-corrected chi connectivity index (χ3v) is 2.75. The Balaban J connectivity index is 4.58. The van der Waals surface area contributed by atoms with Gasteiger partial charge in [0.1, 0.15) is 0 Å². The Kier molecular flexibility index (Phi) is 6.04. The van der Waals surface area contributed by atoms with Gasteiger partial charge in [-0.3, -0.25) is 0 Å². The summed E-state index contributed by atoms with van der Waals surface area (Å²) in [7, 11) is 1.27. The predicted molar refractivity (Wildman–Crippen MR) is 65.0 cm³/mol. The summed E-state index contributed by atoms with van der Waals surface area (Å²) in [6, 6.07) is 0. The molecule has 16 heavy (non-hydrogen) atoms. The second kappa shape index (κ2) is 6.48. The van der Waals surface area contributed by atoms with Crippen LogP contribution in [0.5, 0.6) is 0 Å². The molecule has 0 unspecified atom stereocenters. The van der Waals surface area contributed by atoms with E-state index < -0.39 is 17.5 Å². The third kappa shape index (κ3) is 4.19. The van der Waals surface area contributed by atoms with Crippen LogP contribution in [-0.4, -0.2) is 24.3 Å². The van der Waals surface area contributed by atoms with Gasteiger partial charge in [-0.15, -0.1) is 6.58 Å². The monoisotopic (exact) mass is 226 g/mol. The highest BCUT2D eigenvalue weighted by atomic mass is 16.5. The summed E-state index contributed by atoms with van der Waals surface area (Å²) in [5.41, 5.74) is 0.581. The number of allylic oxidation sites excluding steroid dienone is 2. The van der Waals surface area contributed by atoms with Gasteiger partial charge in [0, 0.05) is 5.41 Å². The predicted octanol–water partition coefficient (Wildman–Crippen LogP) is 2.46. The molecule has 0 aromatic rings. The van der Waals surface area contributed by atoms with Crippen LogP contribution >= 0.6 is 0 Å². The van der Waals surface area contributed by atoms with Crippen molar-refractivity contribution in [3.05, 3.63) is 24.3 Å². The molecule has 3 heteroatoms. The van der Waals surface area contributed by atoms with Crippen molar-refractivity contribution in [2.24, 2.45) is 5.41 Å². The average molecular weight is 226 g/mol. The number of rotatable bonds is 6. The van der Waals surface area contributed by atoms with Gasteiger partial charge in [0.25, 0.3) is 0 Å². The fraction of sp³-hybridized carbons (Fsp3) is 0.615. The molecule has 0 aromatic carbocycles. The minimum Gasteiger partial charge on any atom is -0.467 e. The zero-order chi connectivity index (χ0) is 12.8. The Morgan fingerprint density at radius 2 is 2.12 bits per heavy atom. The SMILES string of the molecule is C=C[C@](C)(CCC=C(C)C)[C@@H](O)C(=O)OC. The van der Waals surface area contributed by atoms with E-state index in [1.54, 1.807) is 13.0 Å². The molecular weight excluding hydrogens is 204 g/mol. The number of carbonyl (C=O) groups excluding carboxylic acids is 1. The highest BCUT2D eigenvalue weighted by molar-refractivity contribution is 5.75. The largest absolute Gasteiger partial charge is 0.467 e. The van der Waals surface area contributed by atoms with Crippen molar-refractivity contribution in [2.45, 2.75) is 39.7 Å². The van der Waals surface area contributed by atoms with E-state index in [4.69, 9.17) is 0 Å². The lowest BCUT2D eigenvalue weighted by Crippen LogP contribution is -2.38. The normalized spacial score (nSPS) is 15.8. The molecule has 0 spiro atoms. The Labute approximate surface area is 97.8 Å². The van der Waals surface area contributed by atoms with Crippen molar-refractivity contribution in [3.8, 4) is 0 Å². The van der Waals surface area contributed by atoms with Crippen LogP contribution in [-0.2, 0) is 9.53 Å². The molecule has 0 aromatic heterocycles. The lowest BCUT2D eigenvalue weighted by Gasteiger charge is -2.29. The molecular formula is C13H22O3. The molecule has 0 radical (unpaired) electrons. The van der Waals surface area contributed by atoms with Gasteiger partial charge < -0.3 is 9.84 Å². The maximum Gasteiger partial charge on any atom is 0.335 e. The molecule has 0 fully saturated rings. The van der Waals surface area contributed by atoms with Crippen LogP contribution in [0.3, 0.4) is 0 Å². The van der Waals surface area contributed by atoms with Gasteiger partial charge in [0.2, 0.25) is 0 Å². The molecule has 0 amide bonds. The molecule has 2 atom stereocenters. The van der Waals surface area contributed by atoms with E-state index in [1.807, 2.05) is 13.8 Å². The first kappa shape index (κ1) is 14.9. The quantitative estimate of drug-likeness (QED) is 0.559. The summed E-state index contributed by atoms with van der Waals surface area (Å²) in [4.78, 5) is 11.3. The highest BCUT2D eigenvalue weighted by Crippen LogP contribution is 2.30. The zero-order valence-corrected chi connectivity index (χ0v) is 10.6. The van der Waals surface area contributed by atoms with Crippen molar-refractivity contribution < 1.29 is 14.6 Å². The fourth-order valence-electron chi connectivity index (χ4n) is 1.40. The van der Waals surface area contributed by atoms with Crippen LogP contribution in [0.15, 0.2) is 24.3 Å². The summed E-state index contributed by atoms with van der Waals surface area (Å²) in [5, 5.41) is 9.84. The number of methoxy groups -OCH3 is 1. The molecule has 0 saturated heterocycles. The van der Waals surface area contributed by atoms with Gasteiger partial charge in [-0.25, -0.2) is 4.79 Å². The van der Waals surface area contributed by atoms with Crippen LogP contribution in [0.1, 0.15) is 33.6 Å². The van der Waals surface area contributed by atoms with Crippen molar-refractivity contribution in [1.29, 1.82) is 0 Å². The van der Waals surface area contributed by atoms with E-state index in [2.05, 4.69) is 17.4 Å². The van der Waals surface area contributed by atoms with Crippen molar-refractivity contribution in [3.63, 3.8) is 0 Å². The van der Waals surface area contributed by atoms with Crippen LogP contribution in [0.4, 0.5) is 0 Å². The van der Waals surface area contributed by atoms with E-state index in [9.17, 15) is 9.90 Å². The number of hydrogen-bond donors (Lipinski definition) is 1. The number of hydrogen-bond acceptors (Lipinski definition) is 3. The highest BCUT2D eigenvalue weighted by Gasteiger charge is 2.35. The number of ether oxygens (including phenoxy) is 1. The van der Waals surface area contributed by atoms with Gasteiger partial charge in [-0.1, -0.05) is 24.6 Å². The molecule has 0 aliphatic rings. The second-order valence-electron chi connectivity index (χ2n) is 4.46. The lowest BCUT2D eigenvalue weighted by molar-refractivity contribution is -0.155. The van der Waals surface area contributed by atoms with Crippen LogP contribution < -0.4 is 0 Å². The molecule has 92 valence electrons. The average Bonchev–Trinajstić information content (AvgIpc) is 2.26. The van der Waals surface area contributed by atoms with Crippen molar-refractivity contribution in [2.75, 3.05) is 7.11 Å². The van der Waals surface area contributed by atoms with Crippen LogP contribution in [0.2, 0.25) is 0 Å². The topological polar surface area (TPSA) is 46.5 Å². The summed E-state index contributed by atoms with van der Waals surface area (Å²) in [6.07, 6.45) is 4.01. The van der Waals surface area contributed by atoms with Crippen molar-refractivity contribution >= 4 is 5.97 Å². The molecule has 0 saturated carbocycles. The minimum absolute atomic E-state index is 0.611. The van der Waals surface area contributed by atoms with E-state index in [-0.39, 0.29) is 0 Å². The molecule has 0 heterocycles. The Morgan fingerprint density at radius 3 is 2.50 bits per heavy atom. The standard InChI is InChI=1S/C13H22O3/c1-6-13(4,9-7-8-10(2)3)11(14)12(15)16-5/h6,8,11,14H,1,7,9H2,2-5H3/t11-,13+/m0/s1. The number of carbonyl (C=O) groups is 1. The van der Waals surface area contributed by atoms with Crippen LogP contribution in [0, 0.1) is 5.41 Å². The maximum atomic E-state index is 11.3. The van der Waals surface area contributed by atoms with Crippen LogP contribution in [0.25, 0.3) is 0 Å². The third-order valence-electron chi connectivity index (χ3n) is 2.75. The molecule has 0 aliphatic carbocycles. The summed E-state index contributed by atoms with van der Waals surface area (Å²) in [6.45, 7) is 9.52. The summed E-state index contributed by atoms with van der Waals surface area (Å²) < 4.78 is 4.54. The number of esters is 1. The zero-order valence-electron chi connectivity index (χ0n) is 10.6. The number of aliphatic hydroxyl groups is 1. The summed E-state index contributed by atoms with van der Waals surface area (Å²) in [5.74, 6) is -0.611. The lowest BCUT2D eigenvalue weighted by atomic mass is 9.80. The first-order chi connectivity index (χ1) is 7.37. The van der Waals surface area contributed by atoms with Gasteiger partial charge in [0.15, 0.2) is 6.10 Å². The minimum atomic E-state index is -1.15. The maximum absolute atomic E-state index is 11.3. The molecule has 0 bridgehead atoms. The Morgan fingerprint density at radius 1 is 1.56 bits per heavy atom.